The predicted molar refractivity (Wildman–Crippen MR) is 84.0 cm³/mol. The number of hydrogen-bond donors (Lipinski definition) is 1. The molecular formula is C16H25ClN2O. The Bertz CT molecular complexity index is 423. The summed E-state index contributed by atoms with van der Waals surface area (Å²) in [5.74, 6) is 0.595. The lowest BCUT2D eigenvalue weighted by Gasteiger charge is -2.40. The summed E-state index contributed by atoms with van der Waals surface area (Å²) in [5, 5.41) is 0.809. The van der Waals surface area contributed by atoms with Crippen LogP contribution in [0.2, 0.25) is 5.02 Å². The largest absolute Gasteiger partial charge is 0.384 e. The summed E-state index contributed by atoms with van der Waals surface area (Å²) in [6, 6.07) is 8.28. The van der Waals surface area contributed by atoms with E-state index in [2.05, 4.69) is 17.9 Å². The summed E-state index contributed by atoms with van der Waals surface area (Å²) in [7, 11) is 1.77. The van der Waals surface area contributed by atoms with Crippen molar-refractivity contribution >= 4 is 11.6 Å². The van der Waals surface area contributed by atoms with E-state index < -0.39 is 0 Å². The van der Waals surface area contributed by atoms with E-state index in [0.717, 1.165) is 30.3 Å². The lowest BCUT2D eigenvalue weighted by molar-refractivity contribution is 0.0619. The zero-order valence-corrected chi connectivity index (χ0v) is 13.1. The van der Waals surface area contributed by atoms with Crippen LogP contribution in [-0.4, -0.2) is 37.7 Å². The normalized spacial score (nSPS) is 23.5. The van der Waals surface area contributed by atoms with Gasteiger partial charge in [0.25, 0.3) is 0 Å². The summed E-state index contributed by atoms with van der Waals surface area (Å²) < 4.78 is 5.32. The van der Waals surface area contributed by atoms with Gasteiger partial charge in [-0.3, -0.25) is 4.90 Å². The lowest BCUT2D eigenvalue weighted by atomic mass is 9.92. The molecule has 3 nitrogen and oxygen atoms in total. The van der Waals surface area contributed by atoms with Gasteiger partial charge < -0.3 is 10.5 Å². The standard InChI is InChI=1S/C16H25ClN2O/c1-12(18)16(14-7-3-4-8-15(14)17)19-9-5-6-13(10-19)11-20-2/h3-4,7-8,12-13,16H,5-6,9-11,18H2,1-2H3. The fraction of sp³-hybridized carbons (Fsp3) is 0.625. The summed E-state index contributed by atoms with van der Waals surface area (Å²) in [4.78, 5) is 2.47. The molecule has 0 aromatic heterocycles. The molecule has 3 unspecified atom stereocenters. The molecule has 1 aliphatic heterocycles. The molecule has 112 valence electrons. The molecule has 4 heteroatoms. The van der Waals surface area contributed by atoms with Crippen LogP contribution in [0.3, 0.4) is 0 Å². The minimum atomic E-state index is 0.0520. The highest BCUT2D eigenvalue weighted by Gasteiger charge is 2.30. The van der Waals surface area contributed by atoms with Crippen molar-refractivity contribution in [3.8, 4) is 0 Å². The highest BCUT2D eigenvalue weighted by molar-refractivity contribution is 6.31. The van der Waals surface area contributed by atoms with Crippen LogP contribution in [-0.2, 0) is 4.74 Å². The van der Waals surface area contributed by atoms with Crippen LogP contribution in [0.4, 0.5) is 0 Å². The third kappa shape index (κ3) is 3.73. The molecule has 0 saturated carbocycles. The van der Waals surface area contributed by atoms with Crippen LogP contribution < -0.4 is 5.73 Å². The molecule has 3 atom stereocenters. The average molecular weight is 297 g/mol. The SMILES string of the molecule is COCC1CCCN(C(c2ccccc2Cl)C(C)N)C1. The van der Waals surface area contributed by atoms with Crippen LogP contribution in [0.15, 0.2) is 24.3 Å². The van der Waals surface area contributed by atoms with Crippen molar-refractivity contribution in [2.45, 2.75) is 31.8 Å². The van der Waals surface area contributed by atoms with Crippen molar-refractivity contribution < 1.29 is 4.74 Å². The van der Waals surface area contributed by atoms with Crippen LogP contribution in [0.25, 0.3) is 0 Å². The zero-order valence-electron chi connectivity index (χ0n) is 12.4. The fourth-order valence-electron chi connectivity index (χ4n) is 3.25. The third-order valence-corrected chi connectivity index (χ3v) is 4.41. The summed E-state index contributed by atoms with van der Waals surface area (Å²) in [6.45, 7) is 5.00. The minimum absolute atomic E-state index is 0.0520. The molecule has 1 aliphatic rings. The topological polar surface area (TPSA) is 38.5 Å². The van der Waals surface area contributed by atoms with Crippen molar-refractivity contribution in [3.63, 3.8) is 0 Å². The Balaban J connectivity index is 2.18. The first-order valence-corrected chi connectivity index (χ1v) is 7.74. The van der Waals surface area contributed by atoms with Gasteiger partial charge in [0.1, 0.15) is 0 Å². The van der Waals surface area contributed by atoms with Crippen molar-refractivity contribution in [1.82, 2.24) is 4.90 Å². The average Bonchev–Trinajstić information content (AvgIpc) is 2.42. The van der Waals surface area contributed by atoms with Crippen LogP contribution in [0.1, 0.15) is 31.4 Å². The number of halogens is 1. The second kappa shape index (κ2) is 7.41. The molecule has 0 amide bonds. The maximum absolute atomic E-state index is 6.37. The van der Waals surface area contributed by atoms with Gasteiger partial charge in [-0.2, -0.15) is 0 Å². The maximum atomic E-state index is 6.37. The quantitative estimate of drug-likeness (QED) is 0.907. The van der Waals surface area contributed by atoms with Gasteiger partial charge in [-0.25, -0.2) is 0 Å². The van der Waals surface area contributed by atoms with Gasteiger partial charge in [0.15, 0.2) is 0 Å². The first-order valence-electron chi connectivity index (χ1n) is 7.36. The fourth-order valence-corrected chi connectivity index (χ4v) is 3.50. The smallest absolute Gasteiger partial charge is 0.0511 e. The Morgan fingerprint density at radius 2 is 2.20 bits per heavy atom. The van der Waals surface area contributed by atoms with Gasteiger partial charge in [0.05, 0.1) is 12.6 Å². The monoisotopic (exact) mass is 296 g/mol. The van der Waals surface area contributed by atoms with Gasteiger partial charge in [0, 0.05) is 24.7 Å². The Labute approximate surface area is 127 Å². The first kappa shape index (κ1) is 15.8. The number of rotatable bonds is 5. The van der Waals surface area contributed by atoms with E-state index in [-0.39, 0.29) is 12.1 Å². The van der Waals surface area contributed by atoms with Gasteiger partial charge in [0.2, 0.25) is 0 Å². The molecule has 2 N–H and O–H groups in total. The van der Waals surface area contributed by atoms with E-state index in [4.69, 9.17) is 22.1 Å². The number of nitrogens with zero attached hydrogens (tertiary/aromatic N) is 1. The van der Waals surface area contributed by atoms with E-state index in [0.29, 0.717) is 5.92 Å². The maximum Gasteiger partial charge on any atom is 0.0511 e. The van der Waals surface area contributed by atoms with E-state index in [1.165, 1.54) is 12.8 Å². The van der Waals surface area contributed by atoms with Crippen molar-refractivity contribution in [2.24, 2.45) is 11.7 Å². The summed E-state index contributed by atoms with van der Waals surface area (Å²) >= 11 is 6.37. The zero-order chi connectivity index (χ0) is 14.5. The second-order valence-electron chi connectivity index (χ2n) is 5.78. The van der Waals surface area contributed by atoms with Crippen molar-refractivity contribution in [1.29, 1.82) is 0 Å². The number of nitrogens with two attached hydrogens (primary N) is 1. The van der Waals surface area contributed by atoms with Crippen LogP contribution >= 0.6 is 11.6 Å². The number of piperidine rings is 1. The molecule has 0 radical (unpaired) electrons. The Hall–Kier alpha value is -0.610. The molecule has 1 heterocycles. The van der Waals surface area contributed by atoms with Gasteiger partial charge in [-0.05, 0) is 43.9 Å². The van der Waals surface area contributed by atoms with Crippen molar-refractivity contribution in [3.05, 3.63) is 34.9 Å². The molecule has 1 fully saturated rings. The molecule has 1 aromatic rings. The number of hydrogen-bond acceptors (Lipinski definition) is 3. The van der Waals surface area contributed by atoms with Crippen LogP contribution in [0.5, 0.6) is 0 Å². The molecule has 0 spiro atoms. The molecule has 0 aliphatic carbocycles. The third-order valence-electron chi connectivity index (χ3n) is 4.07. The molecule has 1 aromatic carbocycles. The number of likely N-dealkylation sites (tertiary alicyclic amines) is 1. The highest BCUT2D eigenvalue weighted by atomic mass is 35.5. The number of benzene rings is 1. The van der Waals surface area contributed by atoms with E-state index in [9.17, 15) is 0 Å². The first-order chi connectivity index (χ1) is 9.63. The lowest BCUT2D eigenvalue weighted by Crippen LogP contribution is -2.45. The minimum Gasteiger partial charge on any atom is -0.384 e. The molecule has 1 saturated heterocycles. The van der Waals surface area contributed by atoms with Crippen LogP contribution in [0, 0.1) is 5.92 Å². The van der Waals surface area contributed by atoms with E-state index in [1.807, 2.05) is 18.2 Å². The highest BCUT2D eigenvalue weighted by Crippen LogP contribution is 2.32. The van der Waals surface area contributed by atoms with E-state index >= 15 is 0 Å². The molecule has 20 heavy (non-hydrogen) atoms. The van der Waals surface area contributed by atoms with Gasteiger partial charge >= 0.3 is 0 Å². The Kier molecular flexibility index (Phi) is 5.85. The molecule has 2 rings (SSSR count). The molecular weight excluding hydrogens is 272 g/mol. The summed E-state index contributed by atoms with van der Waals surface area (Å²) in [5.41, 5.74) is 7.40. The van der Waals surface area contributed by atoms with Crippen molar-refractivity contribution in [2.75, 3.05) is 26.8 Å². The molecule has 0 bridgehead atoms. The summed E-state index contributed by atoms with van der Waals surface area (Å²) in [6.07, 6.45) is 2.43. The Morgan fingerprint density at radius 3 is 2.85 bits per heavy atom. The van der Waals surface area contributed by atoms with Gasteiger partial charge in [-0.1, -0.05) is 29.8 Å². The van der Waals surface area contributed by atoms with E-state index in [1.54, 1.807) is 7.11 Å². The Morgan fingerprint density at radius 1 is 1.45 bits per heavy atom. The second-order valence-corrected chi connectivity index (χ2v) is 6.19. The van der Waals surface area contributed by atoms with Gasteiger partial charge in [-0.15, -0.1) is 0 Å². The number of ether oxygens (including phenoxy) is 1. The number of methoxy groups -OCH3 is 1. The predicted octanol–water partition coefficient (Wildman–Crippen LogP) is 3.09.